The molecule has 1 heterocycles. The molecule has 0 aromatic heterocycles. The van der Waals surface area contributed by atoms with E-state index in [1.807, 2.05) is 0 Å². The lowest BCUT2D eigenvalue weighted by Crippen LogP contribution is -2.33. The summed E-state index contributed by atoms with van der Waals surface area (Å²) in [5.74, 6) is 1.59. The monoisotopic (exact) mass is 225 g/mol. The van der Waals surface area contributed by atoms with Gasteiger partial charge in [-0.3, -0.25) is 0 Å². The van der Waals surface area contributed by atoms with Gasteiger partial charge in [-0.1, -0.05) is 20.8 Å². The smallest absolute Gasteiger partial charge is 0.0582 e. The summed E-state index contributed by atoms with van der Waals surface area (Å²) in [5.41, 5.74) is 0.482. The molecule has 1 aliphatic carbocycles. The third kappa shape index (κ3) is 3.46. The minimum absolute atomic E-state index is 0.482. The van der Waals surface area contributed by atoms with Crippen molar-refractivity contribution >= 4 is 0 Å². The molecule has 2 aliphatic rings. The van der Waals surface area contributed by atoms with Crippen LogP contribution in [0.4, 0.5) is 0 Å². The Morgan fingerprint density at radius 2 is 2.12 bits per heavy atom. The number of hydrogen-bond donors (Lipinski definition) is 1. The van der Waals surface area contributed by atoms with Crippen molar-refractivity contribution in [3.8, 4) is 0 Å². The first kappa shape index (κ1) is 12.4. The van der Waals surface area contributed by atoms with Crippen molar-refractivity contribution in [2.75, 3.05) is 19.7 Å². The van der Waals surface area contributed by atoms with Crippen molar-refractivity contribution in [1.82, 2.24) is 5.32 Å². The molecule has 94 valence electrons. The summed E-state index contributed by atoms with van der Waals surface area (Å²) in [4.78, 5) is 0. The van der Waals surface area contributed by atoms with Crippen LogP contribution in [-0.4, -0.2) is 25.8 Å². The van der Waals surface area contributed by atoms with Crippen LogP contribution in [0.25, 0.3) is 0 Å². The average molecular weight is 225 g/mol. The third-order valence-corrected chi connectivity index (χ3v) is 4.08. The molecule has 1 saturated heterocycles. The van der Waals surface area contributed by atoms with Crippen molar-refractivity contribution < 1.29 is 4.74 Å². The van der Waals surface area contributed by atoms with Crippen LogP contribution in [0.2, 0.25) is 0 Å². The van der Waals surface area contributed by atoms with Crippen molar-refractivity contribution in [3.63, 3.8) is 0 Å². The summed E-state index contributed by atoms with van der Waals surface area (Å²) in [6.07, 6.45) is 5.68. The Kier molecular flexibility index (Phi) is 3.91. The molecule has 2 fully saturated rings. The predicted octanol–water partition coefficient (Wildman–Crippen LogP) is 2.83. The first-order valence-electron chi connectivity index (χ1n) is 6.87. The van der Waals surface area contributed by atoms with Gasteiger partial charge in [0.25, 0.3) is 0 Å². The molecule has 0 aromatic carbocycles. The second-order valence-electron chi connectivity index (χ2n) is 6.73. The summed E-state index contributed by atoms with van der Waals surface area (Å²) in [6, 6.07) is 0. The average Bonchev–Trinajstić information content (AvgIpc) is 2.63. The Labute approximate surface area is 100 Å². The molecular formula is C14H27NO. The van der Waals surface area contributed by atoms with E-state index in [-0.39, 0.29) is 0 Å². The highest BCUT2D eigenvalue weighted by Crippen LogP contribution is 2.39. The molecule has 0 bridgehead atoms. The normalized spacial score (nSPS) is 38.8. The van der Waals surface area contributed by atoms with Crippen LogP contribution in [0.3, 0.4) is 0 Å². The van der Waals surface area contributed by atoms with Gasteiger partial charge in [-0.2, -0.15) is 0 Å². The van der Waals surface area contributed by atoms with Crippen LogP contribution in [0.1, 0.15) is 46.5 Å². The molecule has 1 aliphatic heterocycles. The maximum atomic E-state index is 6.13. The molecule has 0 radical (unpaired) electrons. The molecule has 0 amide bonds. The minimum Gasteiger partial charge on any atom is -0.378 e. The first-order chi connectivity index (χ1) is 7.55. The van der Waals surface area contributed by atoms with Gasteiger partial charge in [0.15, 0.2) is 0 Å². The van der Waals surface area contributed by atoms with E-state index in [4.69, 9.17) is 4.74 Å². The SMILES string of the molecule is CC1CC(OCC2CCNC2)CC(C)(C)C1. The summed E-state index contributed by atoms with van der Waals surface area (Å²) < 4.78 is 6.13. The fourth-order valence-corrected chi connectivity index (χ4v) is 3.51. The molecular weight excluding hydrogens is 198 g/mol. The fourth-order valence-electron chi connectivity index (χ4n) is 3.51. The Balaban J connectivity index is 1.75. The maximum Gasteiger partial charge on any atom is 0.0582 e. The zero-order chi connectivity index (χ0) is 11.6. The van der Waals surface area contributed by atoms with Gasteiger partial charge in [0, 0.05) is 6.54 Å². The van der Waals surface area contributed by atoms with Crippen LogP contribution in [-0.2, 0) is 4.74 Å². The zero-order valence-corrected chi connectivity index (χ0v) is 11.1. The summed E-state index contributed by atoms with van der Waals surface area (Å²) >= 11 is 0. The minimum atomic E-state index is 0.482. The third-order valence-electron chi connectivity index (χ3n) is 4.08. The number of ether oxygens (including phenoxy) is 1. The standard InChI is InChI=1S/C14H27NO/c1-11-6-13(8-14(2,3)7-11)16-10-12-4-5-15-9-12/h11-13,15H,4-10H2,1-3H3. The highest BCUT2D eigenvalue weighted by atomic mass is 16.5. The van der Waals surface area contributed by atoms with Crippen LogP contribution < -0.4 is 5.32 Å². The van der Waals surface area contributed by atoms with E-state index in [9.17, 15) is 0 Å². The largest absolute Gasteiger partial charge is 0.378 e. The van der Waals surface area contributed by atoms with E-state index in [0.717, 1.165) is 25.0 Å². The summed E-state index contributed by atoms with van der Waals surface area (Å²) in [6.45, 7) is 10.5. The Morgan fingerprint density at radius 3 is 2.75 bits per heavy atom. The lowest BCUT2D eigenvalue weighted by Gasteiger charge is -2.39. The Morgan fingerprint density at radius 1 is 1.31 bits per heavy atom. The maximum absolute atomic E-state index is 6.13. The van der Waals surface area contributed by atoms with E-state index in [0.29, 0.717) is 11.5 Å². The summed E-state index contributed by atoms with van der Waals surface area (Å²) in [5, 5.41) is 3.41. The molecule has 3 atom stereocenters. The van der Waals surface area contributed by atoms with Gasteiger partial charge >= 0.3 is 0 Å². The molecule has 0 spiro atoms. The van der Waals surface area contributed by atoms with Gasteiger partial charge in [0.05, 0.1) is 12.7 Å². The zero-order valence-electron chi connectivity index (χ0n) is 11.1. The van der Waals surface area contributed by atoms with Gasteiger partial charge in [-0.25, -0.2) is 0 Å². The summed E-state index contributed by atoms with van der Waals surface area (Å²) in [7, 11) is 0. The lowest BCUT2D eigenvalue weighted by molar-refractivity contribution is -0.0341. The second kappa shape index (κ2) is 5.05. The Bertz CT molecular complexity index is 221. The molecule has 2 heteroatoms. The van der Waals surface area contributed by atoms with Gasteiger partial charge in [-0.15, -0.1) is 0 Å². The molecule has 16 heavy (non-hydrogen) atoms. The fraction of sp³-hybridized carbons (Fsp3) is 1.00. The van der Waals surface area contributed by atoms with Crippen molar-refractivity contribution in [2.24, 2.45) is 17.3 Å². The number of rotatable bonds is 3. The van der Waals surface area contributed by atoms with Gasteiger partial charge < -0.3 is 10.1 Å². The molecule has 2 nitrogen and oxygen atoms in total. The van der Waals surface area contributed by atoms with Crippen molar-refractivity contribution in [3.05, 3.63) is 0 Å². The topological polar surface area (TPSA) is 21.3 Å². The molecule has 1 N–H and O–H groups in total. The van der Waals surface area contributed by atoms with E-state index in [1.165, 1.54) is 32.2 Å². The lowest BCUT2D eigenvalue weighted by atomic mass is 9.71. The Hall–Kier alpha value is -0.0800. The van der Waals surface area contributed by atoms with Crippen molar-refractivity contribution in [1.29, 1.82) is 0 Å². The molecule has 2 rings (SSSR count). The van der Waals surface area contributed by atoms with Crippen LogP contribution in [0, 0.1) is 17.3 Å². The first-order valence-corrected chi connectivity index (χ1v) is 6.87. The number of hydrogen-bond acceptors (Lipinski definition) is 2. The quantitative estimate of drug-likeness (QED) is 0.797. The van der Waals surface area contributed by atoms with E-state index >= 15 is 0 Å². The highest BCUT2D eigenvalue weighted by molar-refractivity contribution is 4.83. The van der Waals surface area contributed by atoms with Gasteiger partial charge in [0.2, 0.25) is 0 Å². The second-order valence-corrected chi connectivity index (χ2v) is 6.73. The molecule has 3 unspecified atom stereocenters. The molecule has 1 saturated carbocycles. The predicted molar refractivity (Wildman–Crippen MR) is 67.5 cm³/mol. The number of nitrogens with one attached hydrogen (secondary N) is 1. The van der Waals surface area contributed by atoms with Crippen LogP contribution in [0.5, 0.6) is 0 Å². The highest BCUT2D eigenvalue weighted by Gasteiger charge is 2.32. The van der Waals surface area contributed by atoms with Crippen molar-refractivity contribution in [2.45, 2.75) is 52.6 Å². The van der Waals surface area contributed by atoms with E-state index < -0.39 is 0 Å². The van der Waals surface area contributed by atoms with Gasteiger partial charge in [-0.05, 0) is 49.5 Å². The molecule has 0 aromatic rings. The van der Waals surface area contributed by atoms with Crippen LogP contribution >= 0.6 is 0 Å². The van der Waals surface area contributed by atoms with Crippen LogP contribution in [0.15, 0.2) is 0 Å². The van der Waals surface area contributed by atoms with Gasteiger partial charge in [0.1, 0.15) is 0 Å². The van der Waals surface area contributed by atoms with E-state index in [1.54, 1.807) is 0 Å². The van der Waals surface area contributed by atoms with E-state index in [2.05, 4.69) is 26.1 Å².